The van der Waals surface area contributed by atoms with Crippen molar-refractivity contribution in [1.82, 2.24) is 0 Å². The number of carbonyl (C=O) groups is 1. The third-order valence-corrected chi connectivity index (χ3v) is 4.85. The van der Waals surface area contributed by atoms with E-state index in [0.29, 0.717) is 6.07 Å². The van der Waals surface area contributed by atoms with Crippen molar-refractivity contribution in [2.45, 2.75) is 28.5 Å². The van der Waals surface area contributed by atoms with Crippen LogP contribution in [-0.2, 0) is 16.0 Å². The number of carbonyl (C=O) groups excluding carboxylic acids is 1. The molecule has 2 atom stereocenters. The monoisotopic (exact) mass is 393 g/mol. The van der Waals surface area contributed by atoms with Crippen LogP contribution < -0.4 is 5.32 Å². The van der Waals surface area contributed by atoms with Crippen molar-refractivity contribution in [3.8, 4) is 0 Å². The molecule has 0 bridgehead atoms. The van der Waals surface area contributed by atoms with Gasteiger partial charge in [-0.3, -0.25) is 4.79 Å². The number of benzene rings is 2. The number of aliphatic hydroxyl groups is 1. The zero-order valence-corrected chi connectivity index (χ0v) is 13.9. The molecule has 0 heterocycles. The Morgan fingerprint density at radius 1 is 1.12 bits per heavy atom. The predicted octanol–water partition coefficient (Wildman–Crippen LogP) is 3.38. The van der Waals surface area contributed by atoms with Gasteiger partial charge in [0, 0.05) is 17.2 Å². The van der Waals surface area contributed by atoms with E-state index in [1.54, 1.807) is 5.32 Å². The molecule has 0 aliphatic carbocycles. The van der Waals surface area contributed by atoms with E-state index in [0.717, 1.165) is 18.2 Å². The van der Waals surface area contributed by atoms with Gasteiger partial charge in [0.2, 0.25) is 5.60 Å². The summed E-state index contributed by atoms with van der Waals surface area (Å²) in [5, 5.41) is 10.9. The Kier molecular flexibility index (Phi) is 5.59. The summed E-state index contributed by atoms with van der Waals surface area (Å²) < 4.78 is 77.8. The quantitative estimate of drug-likeness (QED) is 0.618. The summed E-state index contributed by atoms with van der Waals surface area (Å²) in [5.41, 5.74) is -4.39. The summed E-state index contributed by atoms with van der Waals surface area (Å²) in [6, 6.07) is 7.73. The minimum atomic E-state index is -5.26. The Hall–Kier alpha value is -2.17. The number of anilines is 1. The lowest BCUT2D eigenvalue weighted by Gasteiger charge is -2.25. The van der Waals surface area contributed by atoms with Gasteiger partial charge in [0.05, 0.1) is 5.69 Å². The van der Waals surface area contributed by atoms with Crippen molar-refractivity contribution in [3.05, 3.63) is 54.1 Å². The molecule has 0 spiro atoms. The molecule has 0 aliphatic heterocycles. The van der Waals surface area contributed by atoms with Gasteiger partial charge in [0.15, 0.2) is 21.4 Å². The second kappa shape index (κ2) is 7.22. The fraction of sp³-hybridized carbons (Fsp3) is 0.188. The topological polar surface area (TPSA) is 72.4 Å². The van der Waals surface area contributed by atoms with Crippen molar-refractivity contribution >= 4 is 22.8 Å². The smallest absolute Gasteiger partial charge is 0.426 e. The highest BCUT2D eigenvalue weighted by atomic mass is 32.2. The summed E-state index contributed by atoms with van der Waals surface area (Å²) in [5.74, 6) is -3.85. The summed E-state index contributed by atoms with van der Waals surface area (Å²) in [4.78, 5) is 11.2. The molecule has 0 saturated carbocycles. The normalized spacial score (nSPS) is 15.2. The highest BCUT2D eigenvalue weighted by Gasteiger charge is 2.55. The number of alkyl halides is 3. The molecule has 10 heteroatoms. The van der Waals surface area contributed by atoms with Crippen molar-refractivity contribution in [1.29, 1.82) is 0 Å². The Bertz CT molecular complexity index is 826. The minimum absolute atomic E-state index is 0.159. The molecule has 26 heavy (non-hydrogen) atoms. The molecule has 0 saturated heterocycles. The zero-order chi connectivity index (χ0) is 19.7. The van der Waals surface area contributed by atoms with E-state index in [4.69, 9.17) is 0 Å². The molecular formula is C16H12F5NO3S. The average molecular weight is 393 g/mol. The van der Waals surface area contributed by atoms with E-state index >= 15 is 0 Å². The molecule has 2 N–H and O–H groups in total. The number of hydrogen-bond donors (Lipinski definition) is 2. The summed E-state index contributed by atoms with van der Waals surface area (Å²) in [7, 11) is 0. The number of hydrogen-bond acceptors (Lipinski definition) is 3. The molecule has 1 amide bonds. The lowest BCUT2D eigenvalue weighted by atomic mass is 10.1. The van der Waals surface area contributed by atoms with Crippen LogP contribution in [0.25, 0.3) is 0 Å². The lowest BCUT2D eigenvalue weighted by Crippen LogP contribution is -2.52. The van der Waals surface area contributed by atoms with Crippen LogP contribution in [0.5, 0.6) is 0 Å². The molecule has 2 aromatic carbocycles. The van der Waals surface area contributed by atoms with Gasteiger partial charge in [-0.25, -0.2) is 8.78 Å². The first-order valence-corrected chi connectivity index (χ1v) is 8.16. The van der Waals surface area contributed by atoms with Crippen LogP contribution in [0.3, 0.4) is 0 Å². The van der Waals surface area contributed by atoms with Crippen LogP contribution in [0.4, 0.5) is 27.6 Å². The van der Waals surface area contributed by atoms with Gasteiger partial charge in [0.1, 0.15) is 0 Å². The van der Waals surface area contributed by atoms with Crippen molar-refractivity contribution in [3.63, 3.8) is 0 Å². The molecule has 140 valence electrons. The van der Waals surface area contributed by atoms with Crippen LogP contribution >= 0.6 is 0 Å². The van der Waals surface area contributed by atoms with Crippen LogP contribution in [0.15, 0.2) is 52.3 Å². The third kappa shape index (κ3) is 3.97. The lowest BCUT2D eigenvalue weighted by molar-refractivity contribution is -0.242. The maximum absolute atomic E-state index is 14.1. The Morgan fingerprint density at radius 3 is 2.27 bits per heavy atom. The highest BCUT2D eigenvalue weighted by molar-refractivity contribution is 7.91. The molecule has 0 radical (unpaired) electrons. The van der Waals surface area contributed by atoms with E-state index in [9.17, 15) is 36.4 Å². The fourth-order valence-electron chi connectivity index (χ4n) is 1.81. The molecule has 2 unspecified atom stereocenters. The molecule has 0 aliphatic rings. The van der Waals surface area contributed by atoms with E-state index in [1.165, 1.54) is 18.2 Å². The van der Waals surface area contributed by atoms with Gasteiger partial charge in [0.25, 0.3) is 5.91 Å². The highest BCUT2D eigenvalue weighted by Crippen LogP contribution is 2.32. The maximum atomic E-state index is 14.1. The molecule has 4 nitrogen and oxygen atoms in total. The van der Waals surface area contributed by atoms with Gasteiger partial charge in [-0.1, -0.05) is 12.1 Å². The Labute approximate surface area is 147 Å². The van der Waals surface area contributed by atoms with Crippen LogP contribution in [0.1, 0.15) is 6.92 Å². The van der Waals surface area contributed by atoms with Crippen molar-refractivity contribution in [2.24, 2.45) is 0 Å². The molecule has 0 aromatic heterocycles. The maximum Gasteiger partial charge on any atom is 0.426 e. The molecular weight excluding hydrogens is 381 g/mol. The van der Waals surface area contributed by atoms with E-state index in [2.05, 4.69) is 0 Å². The van der Waals surface area contributed by atoms with E-state index in [-0.39, 0.29) is 16.7 Å². The standard InChI is InChI=1S/C16H12F5NO3S/c1-15(24,16(19,20)21)14(23)22-12-7-6-9(8-11(12)18)26(25)13-5-3-2-4-10(13)17/h2-8,24H,1H3,(H,22,23). The van der Waals surface area contributed by atoms with Crippen LogP contribution in [-0.4, -0.2) is 27.3 Å². The number of nitrogens with one attached hydrogen (secondary N) is 1. The van der Waals surface area contributed by atoms with Gasteiger partial charge in [-0.2, -0.15) is 13.2 Å². The summed E-state index contributed by atoms with van der Waals surface area (Å²) in [6.45, 7) is 0.224. The summed E-state index contributed by atoms with van der Waals surface area (Å²) >= 11 is -2.08. The molecule has 2 aromatic rings. The fourth-order valence-corrected chi connectivity index (χ4v) is 2.91. The zero-order valence-electron chi connectivity index (χ0n) is 13.1. The van der Waals surface area contributed by atoms with Gasteiger partial charge in [-0.15, -0.1) is 0 Å². The van der Waals surface area contributed by atoms with Gasteiger partial charge in [-0.05, 0) is 31.2 Å². The second-order valence-corrected chi connectivity index (χ2v) is 6.81. The average Bonchev–Trinajstić information content (AvgIpc) is 2.55. The number of halogens is 5. The first-order valence-electron chi connectivity index (χ1n) is 7.01. The molecule has 0 fully saturated rings. The molecule has 2 rings (SSSR count). The third-order valence-electron chi connectivity index (χ3n) is 3.43. The SMILES string of the molecule is CC(O)(C(=O)Nc1ccc([S+]([O-])c2ccccc2F)cc1F)C(F)(F)F. The van der Waals surface area contributed by atoms with E-state index < -0.39 is 46.2 Å². The first-order chi connectivity index (χ1) is 11.9. The van der Waals surface area contributed by atoms with Crippen LogP contribution in [0, 0.1) is 11.6 Å². The van der Waals surface area contributed by atoms with Crippen LogP contribution in [0.2, 0.25) is 0 Å². The van der Waals surface area contributed by atoms with Crippen molar-refractivity contribution < 1.29 is 36.4 Å². The second-order valence-electron chi connectivity index (χ2n) is 5.36. The Morgan fingerprint density at radius 2 is 1.73 bits per heavy atom. The largest absolute Gasteiger partial charge is 0.606 e. The Balaban J connectivity index is 2.25. The van der Waals surface area contributed by atoms with Gasteiger partial charge < -0.3 is 15.0 Å². The van der Waals surface area contributed by atoms with Gasteiger partial charge >= 0.3 is 6.18 Å². The predicted molar refractivity (Wildman–Crippen MR) is 82.8 cm³/mol. The first kappa shape index (κ1) is 20.1. The van der Waals surface area contributed by atoms with E-state index in [1.807, 2.05) is 0 Å². The minimum Gasteiger partial charge on any atom is -0.606 e. The number of rotatable bonds is 4. The summed E-state index contributed by atoms with van der Waals surface area (Å²) in [6.07, 6.45) is -5.26. The number of amides is 1. The van der Waals surface area contributed by atoms with Crippen molar-refractivity contribution in [2.75, 3.05) is 5.32 Å².